The van der Waals surface area contributed by atoms with Crippen molar-refractivity contribution in [2.24, 2.45) is 0 Å². The maximum absolute atomic E-state index is 2.55. The van der Waals surface area contributed by atoms with E-state index in [2.05, 4.69) is 161 Å². The van der Waals surface area contributed by atoms with E-state index >= 15 is 0 Å². The first kappa shape index (κ1) is 61.6. The number of hydrogen-bond acceptors (Lipinski definition) is 12. The molecule has 0 aromatic carbocycles. The summed E-state index contributed by atoms with van der Waals surface area (Å²) in [5, 5.41) is 2.18. The second-order valence-electron chi connectivity index (χ2n) is 22.5. The molecule has 12 heteroatoms. The van der Waals surface area contributed by atoms with Gasteiger partial charge in [-0.05, 0) is 201 Å². The summed E-state index contributed by atoms with van der Waals surface area (Å²) in [6.07, 6.45) is 25.2. The first-order valence-electron chi connectivity index (χ1n) is 31.1. The Kier molecular flexibility index (Phi) is 21.6. The third-order valence-corrected chi connectivity index (χ3v) is 31.2. The van der Waals surface area contributed by atoms with Crippen LogP contribution in [0.5, 0.6) is 0 Å². The van der Waals surface area contributed by atoms with E-state index in [4.69, 9.17) is 0 Å². The van der Waals surface area contributed by atoms with Crippen LogP contribution < -0.4 is 0 Å². The van der Waals surface area contributed by atoms with Crippen LogP contribution in [0, 0.1) is 6.92 Å². The summed E-state index contributed by atoms with van der Waals surface area (Å²) in [7, 11) is 0. The molecule has 0 aliphatic heterocycles. The fraction of sp³-hybridized carbons (Fsp3) is 0.342. The molecule has 0 saturated heterocycles. The fourth-order valence-electron chi connectivity index (χ4n) is 11.3. The number of hydrogen-bond donors (Lipinski definition) is 0. The van der Waals surface area contributed by atoms with Gasteiger partial charge in [-0.1, -0.05) is 111 Å². The van der Waals surface area contributed by atoms with Crippen LogP contribution in [0.15, 0.2) is 127 Å². The largest absolute Gasteiger partial charge is 0.143 e. The highest BCUT2D eigenvalue weighted by molar-refractivity contribution is 7.33. The summed E-state index contributed by atoms with van der Waals surface area (Å²) in [5.41, 5.74) is 6.12. The zero-order valence-electron chi connectivity index (χ0n) is 49.7. The minimum atomic E-state index is 1.13. The zero-order chi connectivity index (χ0) is 58.1. The van der Waals surface area contributed by atoms with Gasteiger partial charge < -0.3 is 0 Å². The Bertz CT molecular complexity index is 4010. The molecule has 12 aromatic rings. The molecule has 0 aliphatic rings. The number of thiophene rings is 12. The van der Waals surface area contributed by atoms with Crippen molar-refractivity contribution in [2.45, 2.75) is 163 Å². The molecule has 0 unspecified atom stereocenters. The van der Waals surface area contributed by atoms with Crippen molar-refractivity contribution >= 4 is 136 Å². The van der Waals surface area contributed by atoms with Gasteiger partial charge in [0.2, 0.25) is 0 Å². The molecule has 440 valence electrons. The number of aryl methyl sites for hydroxylation is 5. The molecule has 0 saturated carbocycles. The van der Waals surface area contributed by atoms with Gasteiger partial charge in [0.25, 0.3) is 0 Å². The Balaban J connectivity index is 0.768. The lowest BCUT2D eigenvalue weighted by Gasteiger charge is -2.02. The van der Waals surface area contributed by atoms with Crippen LogP contribution in [0.2, 0.25) is 0 Å². The van der Waals surface area contributed by atoms with Gasteiger partial charge in [0.15, 0.2) is 0 Å². The van der Waals surface area contributed by atoms with Crippen LogP contribution in [-0.2, 0) is 25.7 Å². The lowest BCUT2D eigenvalue weighted by molar-refractivity contribution is 0.666. The highest BCUT2D eigenvalue weighted by Gasteiger charge is 2.22. The standard InChI is InChI=1S/C73H76S12/c1-6-10-14-18-23-48-43-67(75-47(48)5)60-33-29-54(77-60)57-36-39-65(80-57)72-50(25-20-16-12-8-3)45-69(84-72)62-35-31-56(79-62)59-38-41-66(82-59)73-51(26-21-17-13-9-4)46-70(85-73)63-34-30-55(78-63)58-37-40-64(81-58)71-49(24-19-15-11-7-2)44-68(83-71)61-32-28-53(76-61)52-27-22-42-74-52/h22,27-46H,6-21,23-26H2,1-5H3. The van der Waals surface area contributed by atoms with Crippen LogP contribution in [0.4, 0.5) is 0 Å². The topological polar surface area (TPSA) is 0 Å². The molecule has 0 nitrogen and oxygen atoms in total. The Labute approximate surface area is 554 Å². The van der Waals surface area contributed by atoms with Crippen molar-refractivity contribution < 1.29 is 0 Å². The molecule has 0 N–H and O–H groups in total. The molecule has 0 bridgehead atoms. The van der Waals surface area contributed by atoms with Crippen molar-refractivity contribution in [1.29, 1.82) is 0 Å². The molecular formula is C73H76S12. The third-order valence-electron chi connectivity index (χ3n) is 16.0. The van der Waals surface area contributed by atoms with Gasteiger partial charge in [0.1, 0.15) is 0 Å². The second-order valence-corrected chi connectivity index (χ2v) is 35.4. The average Bonchev–Trinajstić information content (AvgIpc) is 4.25. The molecule has 0 fully saturated rings. The molecule has 12 rings (SSSR count). The lowest BCUT2D eigenvalue weighted by atomic mass is 10.1. The van der Waals surface area contributed by atoms with Crippen LogP contribution in [0.3, 0.4) is 0 Å². The molecule has 0 radical (unpaired) electrons. The average molecular weight is 1340 g/mol. The molecular weight excluding hydrogens is 1260 g/mol. The highest BCUT2D eigenvalue weighted by Crippen LogP contribution is 2.52. The monoisotopic (exact) mass is 1340 g/mol. The van der Waals surface area contributed by atoms with E-state index in [1.54, 1.807) is 5.56 Å². The predicted octanol–water partition coefficient (Wildman–Crippen LogP) is 29.6. The predicted molar refractivity (Wildman–Crippen MR) is 397 cm³/mol. The smallest absolute Gasteiger partial charge is 0.0481 e. The van der Waals surface area contributed by atoms with Crippen molar-refractivity contribution in [3.05, 3.63) is 154 Å². The van der Waals surface area contributed by atoms with Gasteiger partial charge in [-0.3, -0.25) is 0 Å². The Morgan fingerprint density at radius 1 is 0.235 bits per heavy atom. The Morgan fingerprint density at radius 3 is 0.800 bits per heavy atom. The summed E-state index contributed by atoms with van der Waals surface area (Å²) in [6.45, 7) is 11.6. The molecule has 12 aromatic heterocycles. The third kappa shape index (κ3) is 14.9. The van der Waals surface area contributed by atoms with Gasteiger partial charge in [-0.2, -0.15) is 0 Å². The van der Waals surface area contributed by atoms with Gasteiger partial charge >= 0.3 is 0 Å². The number of unbranched alkanes of at least 4 members (excludes halogenated alkanes) is 12. The SMILES string of the molecule is CCCCCCc1cc(-c2ccc(-c3ccc(-c4sc(-c5ccc(-c6ccc(-c7sc(-c8ccc(-c9ccc(-c%10sc(-c%11ccc(-c%12cccs%12)s%11)cc%10CCCCCC)s9)s8)cc7CCCCCC)s6)s5)cc4CCCCCC)s3)s2)sc1C. The minimum absolute atomic E-state index is 1.13. The summed E-state index contributed by atoms with van der Waals surface area (Å²) in [6, 6.07) is 47.9. The van der Waals surface area contributed by atoms with Gasteiger partial charge in [0.05, 0.1) is 0 Å². The maximum Gasteiger partial charge on any atom is 0.0481 e. The van der Waals surface area contributed by atoms with Crippen molar-refractivity contribution in [2.75, 3.05) is 0 Å². The quantitative estimate of drug-likeness (QED) is 0.0380. The van der Waals surface area contributed by atoms with Crippen LogP contribution >= 0.6 is 136 Å². The van der Waals surface area contributed by atoms with E-state index in [1.165, 1.54) is 238 Å². The van der Waals surface area contributed by atoms with Gasteiger partial charge in [-0.25, -0.2) is 0 Å². The lowest BCUT2D eigenvalue weighted by Crippen LogP contribution is -1.85. The van der Waals surface area contributed by atoms with E-state index in [9.17, 15) is 0 Å². The second kappa shape index (κ2) is 29.8. The van der Waals surface area contributed by atoms with E-state index in [1.807, 2.05) is 136 Å². The van der Waals surface area contributed by atoms with E-state index in [0.29, 0.717) is 0 Å². The van der Waals surface area contributed by atoms with Crippen molar-refractivity contribution in [1.82, 2.24) is 0 Å². The molecule has 0 spiro atoms. The highest BCUT2D eigenvalue weighted by atomic mass is 32.1. The molecule has 85 heavy (non-hydrogen) atoms. The summed E-state index contributed by atoms with van der Waals surface area (Å²) in [4.78, 5) is 32.3. The van der Waals surface area contributed by atoms with Gasteiger partial charge in [0, 0.05) is 112 Å². The van der Waals surface area contributed by atoms with Gasteiger partial charge in [-0.15, -0.1) is 136 Å². The van der Waals surface area contributed by atoms with Crippen molar-refractivity contribution in [3.8, 4) is 107 Å². The molecule has 0 aliphatic carbocycles. The Morgan fingerprint density at radius 2 is 0.494 bits per heavy atom. The fourth-order valence-corrected chi connectivity index (χ4v) is 24.9. The van der Waals surface area contributed by atoms with E-state index in [0.717, 1.165) is 19.3 Å². The zero-order valence-corrected chi connectivity index (χ0v) is 59.5. The minimum Gasteiger partial charge on any atom is -0.143 e. The van der Waals surface area contributed by atoms with Crippen LogP contribution in [0.1, 0.15) is 158 Å². The normalized spacial score (nSPS) is 11.8. The van der Waals surface area contributed by atoms with E-state index < -0.39 is 0 Å². The van der Waals surface area contributed by atoms with Crippen LogP contribution in [0.25, 0.3) is 107 Å². The van der Waals surface area contributed by atoms with Crippen molar-refractivity contribution in [3.63, 3.8) is 0 Å². The summed E-state index contributed by atoms with van der Waals surface area (Å²) in [5.74, 6) is 0. The molecule has 12 heterocycles. The Hall–Kier alpha value is -3.60. The summed E-state index contributed by atoms with van der Waals surface area (Å²) < 4.78 is 0. The molecule has 0 atom stereocenters. The van der Waals surface area contributed by atoms with Crippen LogP contribution in [-0.4, -0.2) is 0 Å². The molecule has 0 amide bonds. The summed E-state index contributed by atoms with van der Waals surface area (Å²) >= 11 is 23.7. The first-order valence-corrected chi connectivity index (χ1v) is 40.9. The number of rotatable bonds is 31. The first-order chi connectivity index (χ1) is 41.8. The maximum atomic E-state index is 2.55. The van der Waals surface area contributed by atoms with E-state index in [-0.39, 0.29) is 0 Å².